The molecule has 1 rings (SSSR count). The van der Waals surface area contributed by atoms with Crippen molar-refractivity contribution < 1.29 is 19.7 Å². The summed E-state index contributed by atoms with van der Waals surface area (Å²) in [7, 11) is 0. The summed E-state index contributed by atoms with van der Waals surface area (Å²) in [6.07, 6.45) is 0. The second-order valence-electron chi connectivity index (χ2n) is 3.11. The number of benzene rings is 1. The van der Waals surface area contributed by atoms with E-state index >= 15 is 0 Å². The highest BCUT2D eigenvalue weighted by atomic mass is 35.5. The second-order valence-corrected chi connectivity index (χ2v) is 3.11. The van der Waals surface area contributed by atoms with Gasteiger partial charge in [-0.1, -0.05) is 6.07 Å². The predicted octanol–water partition coefficient (Wildman–Crippen LogP) is 0.731. The molecular formula is C10H14ClNO4. The van der Waals surface area contributed by atoms with Crippen LogP contribution in [0.4, 0.5) is 0 Å². The highest BCUT2D eigenvalue weighted by Crippen LogP contribution is 2.28. The summed E-state index contributed by atoms with van der Waals surface area (Å²) in [4.78, 5) is 10.6. The number of esters is 1. The zero-order chi connectivity index (χ0) is 11.4. The number of aliphatic hydroxyl groups excluding tert-OH is 1. The molecule has 0 aliphatic heterocycles. The minimum atomic E-state index is -0.553. The molecule has 0 bridgehead atoms. The summed E-state index contributed by atoms with van der Waals surface area (Å²) in [5.74, 6) is -0.604. The smallest absolute Gasteiger partial charge is 0.308 e. The van der Waals surface area contributed by atoms with E-state index in [2.05, 4.69) is 0 Å². The summed E-state index contributed by atoms with van der Waals surface area (Å²) in [6.45, 7) is 1.03. The molecule has 90 valence electrons. The Bertz CT molecular complexity index is 370. The van der Waals surface area contributed by atoms with E-state index in [4.69, 9.17) is 15.6 Å². The Hall–Kier alpha value is -1.30. The maximum absolute atomic E-state index is 10.6. The molecule has 0 aliphatic rings. The van der Waals surface area contributed by atoms with Crippen molar-refractivity contribution in [2.24, 2.45) is 5.73 Å². The monoisotopic (exact) mass is 247 g/mol. The van der Waals surface area contributed by atoms with E-state index in [0.717, 1.165) is 0 Å². The molecule has 0 aromatic heterocycles. The average molecular weight is 248 g/mol. The van der Waals surface area contributed by atoms with Crippen LogP contribution in [-0.4, -0.2) is 22.8 Å². The number of aliphatic hydroxyl groups is 1. The van der Waals surface area contributed by atoms with Gasteiger partial charge in [-0.05, 0) is 17.7 Å². The fraction of sp³-hybridized carbons (Fsp3) is 0.300. The largest absolute Gasteiger partial charge is 0.504 e. The third-order valence-corrected chi connectivity index (χ3v) is 1.86. The molecule has 0 fully saturated rings. The first-order valence-electron chi connectivity index (χ1n) is 4.42. The topological polar surface area (TPSA) is 92.8 Å². The summed E-state index contributed by atoms with van der Waals surface area (Å²) in [6, 6.07) is 3.82. The van der Waals surface area contributed by atoms with Gasteiger partial charge in [-0.25, -0.2) is 0 Å². The highest BCUT2D eigenvalue weighted by Gasteiger charge is 2.10. The third kappa shape index (κ3) is 3.69. The summed E-state index contributed by atoms with van der Waals surface area (Å²) in [5, 5.41) is 18.3. The number of hydrogen-bond acceptors (Lipinski definition) is 5. The van der Waals surface area contributed by atoms with Crippen molar-refractivity contribution in [3.8, 4) is 11.5 Å². The molecule has 0 radical (unpaired) electrons. The van der Waals surface area contributed by atoms with Crippen molar-refractivity contribution in [2.75, 3.05) is 6.61 Å². The van der Waals surface area contributed by atoms with Crippen molar-refractivity contribution in [3.63, 3.8) is 0 Å². The van der Waals surface area contributed by atoms with Gasteiger partial charge in [-0.2, -0.15) is 0 Å². The first-order chi connectivity index (χ1) is 7.04. The van der Waals surface area contributed by atoms with Crippen molar-refractivity contribution in [1.29, 1.82) is 0 Å². The molecular weight excluding hydrogens is 234 g/mol. The number of ether oxygens (including phenoxy) is 1. The number of carbonyl (C=O) groups excluding carboxylic acids is 1. The van der Waals surface area contributed by atoms with Gasteiger partial charge in [0.25, 0.3) is 0 Å². The fourth-order valence-corrected chi connectivity index (χ4v) is 1.11. The van der Waals surface area contributed by atoms with Gasteiger partial charge in [0.1, 0.15) is 0 Å². The molecule has 0 spiro atoms. The third-order valence-electron chi connectivity index (χ3n) is 1.86. The van der Waals surface area contributed by atoms with Crippen molar-refractivity contribution in [3.05, 3.63) is 23.8 Å². The molecule has 16 heavy (non-hydrogen) atoms. The van der Waals surface area contributed by atoms with Crippen molar-refractivity contribution in [2.45, 2.75) is 13.0 Å². The number of phenols is 1. The van der Waals surface area contributed by atoms with Crippen LogP contribution in [0.3, 0.4) is 0 Å². The van der Waals surface area contributed by atoms with Crippen LogP contribution in [0.5, 0.6) is 11.5 Å². The maximum atomic E-state index is 10.6. The number of phenolic OH excluding ortho intramolecular Hbond substituents is 1. The Balaban J connectivity index is 0.00000225. The lowest BCUT2D eigenvalue weighted by atomic mass is 10.1. The SMILES string of the molecule is CC(=O)Oc1ccc([C@H](N)CO)cc1O.Cl. The molecule has 1 aromatic rings. The molecule has 0 amide bonds. The van der Waals surface area contributed by atoms with Crippen LogP contribution < -0.4 is 10.5 Å². The lowest BCUT2D eigenvalue weighted by Crippen LogP contribution is -2.14. The van der Waals surface area contributed by atoms with Gasteiger partial charge in [0.2, 0.25) is 0 Å². The van der Waals surface area contributed by atoms with E-state index in [-0.39, 0.29) is 30.5 Å². The minimum Gasteiger partial charge on any atom is -0.504 e. The normalized spacial score (nSPS) is 11.4. The van der Waals surface area contributed by atoms with Gasteiger partial charge >= 0.3 is 5.97 Å². The van der Waals surface area contributed by atoms with E-state index in [1.165, 1.54) is 19.1 Å². The van der Waals surface area contributed by atoms with Crippen LogP contribution in [0.25, 0.3) is 0 Å². The Morgan fingerprint density at radius 2 is 2.19 bits per heavy atom. The lowest BCUT2D eigenvalue weighted by Gasteiger charge is -2.10. The van der Waals surface area contributed by atoms with Crippen LogP contribution in [-0.2, 0) is 4.79 Å². The first-order valence-corrected chi connectivity index (χ1v) is 4.42. The number of nitrogens with two attached hydrogens (primary N) is 1. The molecule has 0 aliphatic carbocycles. The Morgan fingerprint density at radius 1 is 1.56 bits per heavy atom. The Kier molecular flexibility index (Phi) is 5.81. The van der Waals surface area contributed by atoms with Gasteiger partial charge < -0.3 is 20.7 Å². The number of hydrogen-bond donors (Lipinski definition) is 3. The quantitative estimate of drug-likeness (QED) is 0.541. The number of aromatic hydroxyl groups is 1. The minimum absolute atomic E-state index is 0. The molecule has 0 unspecified atom stereocenters. The number of halogens is 1. The van der Waals surface area contributed by atoms with Crippen LogP contribution in [0, 0.1) is 0 Å². The molecule has 1 aromatic carbocycles. The molecule has 1 atom stereocenters. The second kappa shape index (κ2) is 6.32. The zero-order valence-corrected chi connectivity index (χ0v) is 9.53. The first kappa shape index (κ1) is 14.7. The predicted molar refractivity (Wildman–Crippen MR) is 60.7 cm³/mol. The van der Waals surface area contributed by atoms with E-state index in [1.54, 1.807) is 6.07 Å². The molecule has 4 N–H and O–H groups in total. The van der Waals surface area contributed by atoms with Crippen LogP contribution in [0.1, 0.15) is 18.5 Å². The maximum Gasteiger partial charge on any atom is 0.308 e. The molecule has 6 heteroatoms. The average Bonchev–Trinajstić information content (AvgIpc) is 2.19. The van der Waals surface area contributed by atoms with E-state index in [9.17, 15) is 9.90 Å². The van der Waals surface area contributed by atoms with Gasteiger partial charge in [0.05, 0.1) is 12.6 Å². The summed E-state index contributed by atoms with van der Waals surface area (Å²) < 4.78 is 4.72. The Morgan fingerprint density at radius 3 is 2.62 bits per heavy atom. The molecule has 0 saturated carbocycles. The molecule has 5 nitrogen and oxygen atoms in total. The van der Waals surface area contributed by atoms with Gasteiger partial charge in [-0.3, -0.25) is 4.79 Å². The summed E-state index contributed by atoms with van der Waals surface area (Å²) in [5.41, 5.74) is 6.12. The standard InChI is InChI=1S/C10H13NO4.ClH/c1-6(13)15-10-3-2-7(4-9(10)14)8(11)5-12;/h2-4,8,12,14H,5,11H2,1H3;1H/t8-;/m1./s1. The highest BCUT2D eigenvalue weighted by molar-refractivity contribution is 5.85. The molecule has 0 heterocycles. The van der Waals surface area contributed by atoms with Gasteiger partial charge in [-0.15, -0.1) is 12.4 Å². The number of carbonyl (C=O) groups is 1. The molecule has 0 saturated heterocycles. The lowest BCUT2D eigenvalue weighted by molar-refractivity contribution is -0.132. The fourth-order valence-electron chi connectivity index (χ4n) is 1.11. The van der Waals surface area contributed by atoms with Gasteiger partial charge in [0, 0.05) is 6.92 Å². The van der Waals surface area contributed by atoms with E-state index in [1.807, 2.05) is 0 Å². The number of rotatable bonds is 3. The van der Waals surface area contributed by atoms with Gasteiger partial charge in [0.15, 0.2) is 11.5 Å². The van der Waals surface area contributed by atoms with Crippen LogP contribution >= 0.6 is 12.4 Å². The van der Waals surface area contributed by atoms with Crippen molar-refractivity contribution in [1.82, 2.24) is 0 Å². The van der Waals surface area contributed by atoms with E-state index < -0.39 is 12.0 Å². The van der Waals surface area contributed by atoms with Crippen LogP contribution in [0.2, 0.25) is 0 Å². The Labute approximate surface area is 99.2 Å². The summed E-state index contributed by atoms with van der Waals surface area (Å²) >= 11 is 0. The van der Waals surface area contributed by atoms with Crippen molar-refractivity contribution >= 4 is 18.4 Å². The zero-order valence-electron chi connectivity index (χ0n) is 8.71. The van der Waals surface area contributed by atoms with Crippen LogP contribution in [0.15, 0.2) is 18.2 Å². The van der Waals surface area contributed by atoms with E-state index in [0.29, 0.717) is 5.56 Å².